The van der Waals surface area contributed by atoms with E-state index in [9.17, 15) is 9.59 Å². The maximum atomic E-state index is 12.3. The Labute approximate surface area is 167 Å². The summed E-state index contributed by atoms with van der Waals surface area (Å²) >= 11 is 7.18. The zero-order chi connectivity index (χ0) is 19.2. The van der Waals surface area contributed by atoms with Crippen LogP contribution in [-0.4, -0.2) is 48.2 Å². The summed E-state index contributed by atoms with van der Waals surface area (Å²) in [6.45, 7) is 5.84. The van der Waals surface area contributed by atoms with E-state index < -0.39 is 0 Å². The Balaban J connectivity index is 1.60. The number of carbonyl (C=O) groups is 1. The standard InChI is InChI=1S/C19H24ClN3O3S/c1-14-13-27-19(25)23(14)7-6-18(24)21-12-17(22-8-10-26-11-9-22)15-2-4-16(20)5-3-15/h2-5,13,17H,6-12H2,1H3,(H,21,24). The number of halogens is 1. The number of hydrogen-bond donors (Lipinski definition) is 1. The van der Waals surface area contributed by atoms with Gasteiger partial charge in [-0.15, -0.1) is 0 Å². The summed E-state index contributed by atoms with van der Waals surface area (Å²) in [6.07, 6.45) is 0.286. The van der Waals surface area contributed by atoms with Gasteiger partial charge in [0.25, 0.3) is 0 Å². The zero-order valence-electron chi connectivity index (χ0n) is 15.3. The first-order valence-corrected chi connectivity index (χ1v) is 10.3. The number of hydrogen-bond acceptors (Lipinski definition) is 5. The lowest BCUT2D eigenvalue weighted by Gasteiger charge is -2.35. The highest BCUT2D eigenvalue weighted by molar-refractivity contribution is 7.07. The molecule has 27 heavy (non-hydrogen) atoms. The molecular formula is C19H24ClN3O3S. The van der Waals surface area contributed by atoms with Crippen LogP contribution in [-0.2, 0) is 16.1 Å². The number of benzene rings is 1. The van der Waals surface area contributed by atoms with E-state index in [1.807, 2.05) is 36.6 Å². The minimum Gasteiger partial charge on any atom is -0.379 e. The summed E-state index contributed by atoms with van der Waals surface area (Å²) < 4.78 is 7.09. The van der Waals surface area contributed by atoms with Crippen LogP contribution in [0.4, 0.5) is 0 Å². The van der Waals surface area contributed by atoms with Gasteiger partial charge in [-0.3, -0.25) is 14.5 Å². The summed E-state index contributed by atoms with van der Waals surface area (Å²) in [5.41, 5.74) is 2.01. The molecule has 1 aromatic heterocycles. The number of carbonyl (C=O) groups excluding carboxylic acids is 1. The molecule has 1 saturated heterocycles. The highest BCUT2D eigenvalue weighted by atomic mass is 35.5. The molecule has 0 spiro atoms. The summed E-state index contributed by atoms with van der Waals surface area (Å²) in [6, 6.07) is 7.82. The number of amides is 1. The van der Waals surface area contributed by atoms with Gasteiger partial charge in [-0.2, -0.15) is 0 Å². The zero-order valence-corrected chi connectivity index (χ0v) is 16.9. The van der Waals surface area contributed by atoms with Gasteiger partial charge in [-0.05, 0) is 24.6 Å². The molecule has 2 heterocycles. The molecule has 146 valence electrons. The second kappa shape index (κ2) is 9.50. The number of thiazole rings is 1. The number of ether oxygens (including phenoxy) is 1. The van der Waals surface area contributed by atoms with E-state index in [0.29, 0.717) is 31.3 Å². The molecule has 1 aromatic carbocycles. The van der Waals surface area contributed by atoms with Crippen LogP contribution in [0.15, 0.2) is 34.4 Å². The van der Waals surface area contributed by atoms with E-state index in [-0.39, 0.29) is 23.2 Å². The maximum Gasteiger partial charge on any atom is 0.307 e. The number of morpholine rings is 1. The van der Waals surface area contributed by atoms with Crippen LogP contribution < -0.4 is 10.2 Å². The van der Waals surface area contributed by atoms with E-state index in [4.69, 9.17) is 16.3 Å². The summed E-state index contributed by atoms with van der Waals surface area (Å²) in [5, 5.41) is 5.54. The third-order valence-electron chi connectivity index (χ3n) is 4.77. The van der Waals surface area contributed by atoms with Crippen LogP contribution in [0.2, 0.25) is 5.02 Å². The van der Waals surface area contributed by atoms with E-state index in [1.165, 1.54) is 0 Å². The second-order valence-electron chi connectivity index (χ2n) is 6.56. The van der Waals surface area contributed by atoms with Crippen LogP contribution in [0.3, 0.4) is 0 Å². The minimum atomic E-state index is -0.0558. The monoisotopic (exact) mass is 409 g/mol. The molecule has 1 atom stereocenters. The molecule has 6 nitrogen and oxygen atoms in total. The number of aryl methyl sites for hydroxylation is 1. The molecule has 1 aliphatic rings. The van der Waals surface area contributed by atoms with E-state index in [1.54, 1.807) is 4.57 Å². The Hall–Kier alpha value is -1.67. The Morgan fingerprint density at radius 2 is 2.00 bits per heavy atom. The fourth-order valence-electron chi connectivity index (χ4n) is 3.22. The fourth-order valence-corrected chi connectivity index (χ4v) is 4.11. The molecule has 1 aliphatic heterocycles. The van der Waals surface area contributed by atoms with E-state index in [0.717, 1.165) is 35.7 Å². The van der Waals surface area contributed by atoms with Gasteiger partial charge >= 0.3 is 4.87 Å². The average molecular weight is 410 g/mol. The highest BCUT2D eigenvalue weighted by Crippen LogP contribution is 2.23. The van der Waals surface area contributed by atoms with Crippen LogP contribution in [0, 0.1) is 6.92 Å². The van der Waals surface area contributed by atoms with Crippen LogP contribution in [0.5, 0.6) is 0 Å². The van der Waals surface area contributed by atoms with Crippen LogP contribution in [0.25, 0.3) is 0 Å². The van der Waals surface area contributed by atoms with Crippen molar-refractivity contribution in [3.05, 3.63) is 55.6 Å². The first-order valence-electron chi connectivity index (χ1n) is 9.03. The Kier molecular flexibility index (Phi) is 7.07. The van der Waals surface area contributed by atoms with Crippen molar-refractivity contribution in [2.24, 2.45) is 0 Å². The maximum absolute atomic E-state index is 12.3. The van der Waals surface area contributed by atoms with Gasteiger partial charge in [0.1, 0.15) is 0 Å². The molecular weight excluding hydrogens is 386 g/mol. The third kappa shape index (κ3) is 5.42. The van der Waals surface area contributed by atoms with E-state index >= 15 is 0 Å². The van der Waals surface area contributed by atoms with Gasteiger partial charge in [0.15, 0.2) is 0 Å². The third-order valence-corrected chi connectivity index (χ3v) is 5.91. The van der Waals surface area contributed by atoms with Gasteiger partial charge in [0.2, 0.25) is 5.91 Å². The molecule has 1 amide bonds. The molecule has 1 fully saturated rings. The fraction of sp³-hybridized carbons (Fsp3) is 0.474. The molecule has 1 N–H and O–H groups in total. The molecule has 0 saturated carbocycles. The number of aromatic nitrogens is 1. The van der Waals surface area contributed by atoms with Gasteiger partial charge in [-0.1, -0.05) is 35.1 Å². The largest absolute Gasteiger partial charge is 0.379 e. The highest BCUT2D eigenvalue weighted by Gasteiger charge is 2.23. The van der Waals surface area contributed by atoms with E-state index in [2.05, 4.69) is 10.2 Å². The lowest BCUT2D eigenvalue weighted by molar-refractivity contribution is -0.121. The molecule has 0 bridgehead atoms. The first-order chi connectivity index (χ1) is 13.0. The molecule has 0 aliphatic carbocycles. The SMILES string of the molecule is Cc1csc(=O)n1CCC(=O)NCC(c1ccc(Cl)cc1)N1CCOCC1. The molecule has 1 unspecified atom stereocenters. The molecule has 2 aromatic rings. The lowest BCUT2D eigenvalue weighted by atomic mass is 10.0. The Bertz CT molecular complexity index is 812. The lowest BCUT2D eigenvalue weighted by Crippen LogP contribution is -2.44. The van der Waals surface area contributed by atoms with Crippen molar-refractivity contribution in [2.75, 3.05) is 32.8 Å². The van der Waals surface area contributed by atoms with Crippen molar-refractivity contribution in [3.63, 3.8) is 0 Å². The van der Waals surface area contributed by atoms with Gasteiger partial charge in [0, 0.05) is 48.7 Å². The molecule has 8 heteroatoms. The van der Waals surface area contributed by atoms with Gasteiger partial charge < -0.3 is 14.6 Å². The normalized spacial score (nSPS) is 16.2. The Morgan fingerprint density at radius 3 is 2.63 bits per heavy atom. The number of rotatable bonds is 7. The van der Waals surface area contributed by atoms with Crippen molar-refractivity contribution in [3.8, 4) is 0 Å². The predicted molar refractivity (Wildman–Crippen MR) is 108 cm³/mol. The summed E-state index contributed by atoms with van der Waals surface area (Å²) in [7, 11) is 0. The quantitative estimate of drug-likeness (QED) is 0.763. The predicted octanol–water partition coefficient (Wildman–Crippen LogP) is 2.45. The number of nitrogens with one attached hydrogen (secondary N) is 1. The van der Waals surface area contributed by atoms with Crippen molar-refractivity contribution in [2.45, 2.75) is 25.9 Å². The second-order valence-corrected chi connectivity index (χ2v) is 7.82. The first kappa shape index (κ1) is 20.1. The van der Waals surface area contributed by atoms with Crippen LogP contribution >= 0.6 is 22.9 Å². The minimum absolute atomic E-state index is 0.0207. The van der Waals surface area contributed by atoms with Gasteiger partial charge in [0.05, 0.1) is 19.3 Å². The summed E-state index contributed by atoms with van der Waals surface area (Å²) in [4.78, 5) is 26.4. The van der Waals surface area contributed by atoms with Gasteiger partial charge in [-0.25, -0.2) is 0 Å². The Morgan fingerprint density at radius 1 is 1.30 bits per heavy atom. The smallest absolute Gasteiger partial charge is 0.307 e. The van der Waals surface area contributed by atoms with Crippen molar-refractivity contribution < 1.29 is 9.53 Å². The average Bonchev–Trinajstić information content (AvgIpc) is 3.00. The summed E-state index contributed by atoms with van der Waals surface area (Å²) in [5.74, 6) is -0.0558. The molecule has 3 rings (SSSR count). The van der Waals surface area contributed by atoms with Crippen molar-refractivity contribution >= 4 is 28.8 Å². The molecule has 0 radical (unpaired) electrons. The van der Waals surface area contributed by atoms with Crippen molar-refractivity contribution in [1.82, 2.24) is 14.8 Å². The van der Waals surface area contributed by atoms with Crippen LogP contribution in [0.1, 0.15) is 23.7 Å². The topological polar surface area (TPSA) is 63.6 Å². The van der Waals surface area contributed by atoms with Crippen molar-refractivity contribution in [1.29, 1.82) is 0 Å². The number of nitrogens with zero attached hydrogens (tertiary/aromatic N) is 2.